The van der Waals surface area contributed by atoms with E-state index in [1.54, 1.807) is 0 Å². The fraction of sp³-hybridized carbons (Fsp3) is 0. The number of nitrogens with zero attached hydrogens (tertiary/aromatic N) is 4. The van der Waals surface area contributed by atoms with Crippen molar-refractivity contribution in [2.24, 2.45) is 0 Å². The van der Waals surface area contributed by atoms with Crippen LogP contribution in [0, 0.1) is 0 Å². The Hall–Kier alpha value is -2.18. The molecule has 0 aliphatic heterocycles. The lowest BCUT2D eigenvalue weighted by Gasteiger charge is -1.95. The van der Waals surface area contributed by atoms with Crippen LogP contribution in [0.1, 0.15) is 0 Å². The second kappa shape index (κ2) is 2.70. The van der Waals surface area contributed by atoms with Crippen molar-refractivity contribution in [2.45, 2.75) is 0 Å². The zero-order valence-corrected chi connectivity index (χ0v) is 6.51. The Labute approximate surface area is 72.8 Å². The molecule has 0 atom stereocenters. The van der Waals surface area contributed by atoms with Crippen molar-refractivity contribution >= 4 is 11.8 Å². The number of rotatable bonds is 1. The van der Waals surface area contributed by atoms with Crippen LogP contribution in [-0.2, 0) is 0 Å². The van der Waals surface area contributed by atoms with Crippen LogP contribution < -0.4 is 11.5 Å². The summed E-state index contributed by atoms with van der Waals surface area (Å²) in [5.41, 5.74) is 11.1. The maximum absolute atomic E-state index is 5.52. The van der Waals surface area contributed by atoms with Crippen LogP contribution in [0.4, 0.5) is 11.8 Å². The van der Waals surface area contributed by atoms with Crippen molar-refractivity contribution in [3.63, 3.8) is 0 Å². The van der Waals surface area contributed by atoms with Crippen LogP contribution >= 0.6 is 0 Å². The van der Waals surface area contributed by atoms with Crippen molar-refractivity contribution in [1.29, 1.82) is 0 Å². The van der Waals surface area contributed by atoms with Gasteiger partial charge in [-0.2, -0.15) is 0 Å². The van der Waals surface area contributed by atoms with Crippen LogP contribution in [0.5, 0.6) is 0 Å². The van der Waals surface area contributed by atoms with Crippen LogP contribution in [0.3, 0.4) is 0 Å². The Morgan fingerprint density at radius 2 is 1.85 bits per heavy atom. The molecule has 4 N–H and O–H groups in total. The Bertz CT molecular complexity index is 425. The molecule has 13 heavy (non-hydrogen) atoms. The molecule has 0 aliphatic rings. The van der Waals surface area contributed by atoms with Crippen LogP contribution in [0.2, 0.25) is 0 Å². The highest BCUT2D eigenvalue weighted by molar-refractivity contribution is 5.61. The molecule has 66 valence electrons. The first-order chi connectivity index (χ1) is 6.27. The van der Waals surface area contributed by atoms with Crippen LogP contribution in [0.25, 0.3) is 11.6 Å². The average Bonchev–Trinajstić information content (AvgIpc) is 2.53. The molecular weight excluding hydrogens is 172 g/mol. The first-order valence-electron chi connectivity index (χ1n) is 3.43. The predicted octanol–water partition coefficient (Wildman–Crippen LogP) is -0.309. The van der Waals surface area contributed by atoms with Gasteiger partial charge in [0.25, 0.3) is 5.89 Å². The zero-order valence-electron chi connectivity index (χ0n) is 6.51. The second-order valence-corrected chi connectivity index (χ2v) is 2.24. The minimum atomic E-state index is -0.0277. The third-order valence-corrected chi connectivity index (χ3v) is 1.37. The smallest absolute Gasteiger partial charge is 0.313 e. The molecule has 0 radical (unpaired) electrons. The van der Waals surface area contributed by atoms with Crippen molar-refractivity contribution in [1.82, 2.24) is 20.2 Å². The largest absolute Gasteiger partial charge is 0.402 e. The monoisotopic (exact) mass is 178 g/mol. The van der Waals surface area contributed by atoms with E-state index in [1.807, 2.05) is 0 Å². The van der Waals surface area contributed by atoms with E-state index in [-0.39, 0.29) is 17.7 Å². The molecule has 2 rings (SSSR count). The zero-order chi connectivity index (χ0) is 9.26. The molecule has 0 aliphatic carbocycles. The minimum Gasteiger partial charge on any atom is -0.402 e. The van der Waals surface area contributed by atoms with Gasteiger partial charge in [0.15, 0.2) is 11.5 Å². The van der Waals surface area contributed by atoms with Gasteiger partial charge in [-0.1, -0.05) is 5.10 Å². The maximum atomic E-state index is 5.52. The summed E-state index contributed by atoms with van der Waals surface area (Å²) < 4.78 is 4.92. The van der Waals surface area contributed by atoms with Crippen molar-refractivity contribution in [3.8, 4) is 11.6 Å². The van der Waals surface area contributed by atoms with Gasteiger partial charge in [-0.3, -0.25) is 0 Å². The molecule has 2 heterocycles. The van der Waals surface area contributed by atoms with Gasteiger partial charge >= 0.3 is 6.01 Å². The normalized spacial score (nSPS) is 10.2. The molecule has 0 saturated heterocycles. The molecule has 7 nitrogen and oxygen atoms in total. The van der Waals surface area contributed by atoms with E-state index >= 15 is 0 Å². The molecule has 0 amide bonds. The summed E-state index contributed by atoms with van der Waals surface area (Å²) in [4.78, 5) is 7.73. The standard InChI is InChI=1S/C6H6N6O/c7-4-3(9-1-2-10-4)5-11-12-6(8)13-5/h1-2H,(H2,7,10)(H2,8,12). The molecule has 2 aromatic rings. The summed E-state index contributed by atoms with van der Waals surface area (Å²) >= 11 is 0. The Balaban J connectivity index is 2.52. The molecular formula is C6H6N6O. The summed E-state index contributed by atoms with van der Waals surface area (Å²) in [5, 5.41) is 7.09. The number of aromatic nitrogens is 4. The number of hydrogen-bond donors (Lipinski definition) is 2. The molecule has 0 fully saturated rings. The van der Waals surface area contributed by atoms with Crippen molar-refractivity contribution < 1.29 is 4.42 Å². The molecule has 0 saturated carbocycles. The summed E-state index contributed by atoms with van der Waals surface area (Å²) in [7, 11) is 0. The number of anilines is 2. The fourth-order valence-electron chi connectivity index (χ4n) is 0.844. The third-order valence-electron chi connectivity index (χ3n) is 1.37. The lowest BCUT2D eigenvalue weighted by atomic mass is 10.4. The lowest BCUT2D eigenvalue weighted by Crippen LogP contribution is -1.95. The second-order valence-electron chi connectivity index (χ2n) is 2.24. The summed E-state index contributed by atoms with van der Waals surface area (Å²) in [6.07, 6.45) is 2.95. The van der Waals surface area contributed by atoms with Gasteiger partial charge in [0.1, 0.15) is 0 Å². The van der Waals surface area contributed by atoms with Gasteiger partial charge in [0, 0.05) is 12.4 Å². The Morgan fingerprint density at radius 3 is 2.46 bits per heavy atom. The van der Waals surface area contributed by atoms with E-state index in [9.17, 15) is 0 Å². The number of nitrogens with two attached hydrogens (primary N) is 2. The first kappa shape index (κ1) is 7.47. The van der Waals surface area contributed by atoms with Crippen LogP contribution in [-0.4, -0.2) is 20.2 Å². The highest BCUT2D eigenvalue weighted by Gasteiger charge is 2.11. The molecule has 0 spiro atoms. The quantitative estimate of drug-likeness (QED) is 0.615. The SMILES string of the molecule is Nc1nnc(-c2nccnc2N)o1. The van der Waals surface area contributed by atoms with Gasteiger partial charge in [-0.15, -0.1) is 5.10 Å². The average molecular weight is 178 g/mol. The highest BCUT2D eigenvalue weighted by atomic mass is 16.4. The molecule has 0 bridgehead atoms. The van der Waals surface area contributed by atoms with Gasteiger partial charge < -0.3 is 15.9 Å². The van der Waals surface area contributed by atoms with Crippen molar-refractivity contribution in [2.75, 3.05) is 11.5 Å². The topological polar surface area (TPSA) is 117 Å². The van der Waals surface area contributed by atoms with Crippen LogP contribution in [0.15, 0.2) is 16.8 Å². The molecule has 0 aromatic carbocycles. The van der Waals surface area contributed by atoms with E-state index in [1.165, 1.54) is 12.4 Å². The molecule has 2 aromatic heterocycles. The fourth-order valence-corrected chi connectivity index (χ4v) is 0.844. The first-order valence-corrected chi connectivity index (χ1v) is 3.43. The summed E-state index contributed by atoms with van der Waals surface area (Å²) in [6, 6.07) is -0.0277. The summed E-state index contributed by atoms with van der Waals surface area (Å²) in [6.45, 7) is 0. The minimum absolute atomic E-state index is 0.0277. The van der Waals surface area contributed by atoms with E-state index in [4.69, 9.17) is 15.9 Å². The maximum Gasteiger partial charge on any atom is 0.313 e. The number of hydrogen-bond acceptors (Lipinski definition) is 7. The number of nitrogen functional groups attached to an aromatic ring is 2. The molecule has 7 heteroatoms. The molecule has 0 unspecified atom stereocenters. The van der Waals surface area contributed by atoms with E-state index in [0.29, 0.717) is 5.69 Å². The van der Waals surface area contributed by atoms with Gasteiger partial charge in [-0.05, 0) is 0 Å². The third kappa shape index (κ3) is 1.26. The van der Waals surface area contributed by atoms with Gasteiger partial charge in [0.05, 0.1) is 0 Å². The van der Waals surface area contributed by atoms with E-state index < -0.39 is 0 Å². The summed E-state index contributed by atoms with van der Waals surface area (Å²) in [5.74, 6) is 0.397. The Morgan fingerprint density at radius 1 is 1.08 bits per heavy atom. The predicted molar refractivity (Wildman–Crippen MR) is 44.1 cm³/mol. The van der Waals surface area contributed by atoms with Gasteiger partial charge in [-0.25, -0.2) is 9.97 Å². The van der Waals surface area contributed by atoms with Gasteiger partial charge in [0.2, 0.25) is 0 Å². The highest BCUT2D eigenvalue weighted by Crippen LogP contribution is 2.19. The Kier molecular flexibility index (Phi) is 1.55. The van der Waals surface area contributed by atoms with Crippen molar-refractivity contribution in [3.05, 3.63) is 12.4 Å². The van der Waals surface area contributed by atoms with E-state index in [0.717, 1.165) is 0 Å². The lowest BCUT2D eigenvalue weighted by molar-refractivity contribution is 0.587. The van der Waals surface area contributed by atoms with E-state index in [2.05, 4.69) is 20.2 Å².